The molecule has 9 heteroatoms. The van der Waals surface area contributed by atoms with E-state index in [1.165, 1.54) is 32.2 Å². The van der Waals surface area contributed by atoms with Crippen molar-refractivity contribution in [2.24, 2.45) is 5.92 Å². The molecule has 1 fully saturated rings. The molecule has 25 heavy (non-hydrogen) atoms. The van der Waals surface area contributed by atoms with E-state index < -0.39 is 34.1 Å². The Morgan fingerprint density at radius 1 is 1.24 bits per heavy atom. The third kappa shape index (κ3) is 4.52. The van der Waals surface area contributed by atoms with Crippen molar-refractivity contribution in [3.63, 3.8) is 0 Å². The fourth-order valence-corrected chi connectivity index (χ4v) is 4.66. The van der Waals surface area contributed by atoms with Gasteiger partial charge in [-0.3, -0.25) is 0 Å². The van der Waals surface area contributed by atoms with Crippen molar-refractivity contribution in [2.45, 2.75) is 49.7 Å². The van der Waals surface area contributed by atoms with Gasteiger partial charge in [0.25, 0.3) is 0 Å². The monoisotopic (exact) mass is 379 g/mol. The van der Waals surface area contributed by atoms with Crippen LogP contribution in [-0.4, -0.2) is 33.7 Å². The van der Waals surface area contributed by atoms with Crippen molar-refractivity contribution < 1.29 is 31.1 Å². The maximum Gasteiger partial charge on any atom is 0.393 e. The molecule has 1 aromatic rings. The van der Waals surface area contributed by atoms with Gasteiger partial charge in [-0.25, -0.2) is 17.9 Å². The molecule has 1 N–H and O–H groups in total. The molecular weight excluding hydrogens is 359 g/mol. The summed E-state index contributed by atoms with van der Waals surface area (Å²) in [6.45, 7) is 1.48. The molecule has 0 aliphatic heterocycles. The van der Waals surface area contributed by atoms with E-state index in [1.54, 1.807) is 0 Å². The van der Waals surface area contributed by atoms with Gasteiger partial charge in [0.15, 0.2) is 0 Å². The minimum absolute atomic E-state index is 0.0864. The van der Waals surface area contributed by atoms with E-state index in [-0.39, 0.29) is 28.9 Å². The number of carbonyl (C=O) groups excluding carboxylic acids is 1. The molecule has 2 unspecified atom stereocenters. The van der Waals surface area contributed by atoms with Crippen LogP contribution in [0.2, 0.25) is 0 Å². The lowest BCUT2D eigenvalue weighted by atomic mass is 9.85. The van der Waals surface area contributed by atoms with Gasteiger partial charge in [0.05, 0.1) is 23.5 Å². The van der Waals surface area contributed by atoms with Crippen molar-refractivity contribution >= 4 is 16.0 Å². The zero-order valence-corrected chi connectivity index (χ0v) is 14.7. The maximum absolute atomic E-state index is 13.1. The normalized spacial score (nSPS) is 21.8. The Balaban J connectivity index is 2.28. The van der Waals surface area contributed by atoms with Crippen LogP contribution in [0.5, 0.6) is 0 Å². The number of aryl methyl sites for hydroxylation is 1. The highest BCUT2D eigenvalue weighted by molar-refractivity contribution is 7.89. The Kier molecular flexibility index (Phi) is 5.78. The number of sulfonamides is 1. The van der Waals surface area contributed by atoms with E-state index in [1.807, 2.05) is 0 Å². The second-order valence-corrected chi connectivity index (χ2v) is 7.81. The van der Waals surface area contributed by atoms with Crippen LogP contribution in [0, 0.1) is 12.8 Å². The standard InChI is InChI=1S/C16H20F3NO4S/c1-10-9-11(15(21)24-2)7-8-14(10)25(22,23)20-13-6-4-3-5-12(13)16(17,18)19/h7-9,12-13,20H,3-6H2,1-2H3. The van der Waals surface area contributed by atoms with Gasteiger partial charge in [0, 0.05) is 6.04 Å². The molecule has 1 aliphatic rings. The summed E-state index contributed by atoms with van der Waals surface area (Å²) < 4.78 is 71.3. The number of ether oxygens (including phenoxy) is 1. The van der Waals surface area contributed by atoms with Crippen molar-refractivity contribution in [3.05, 3.63) is 29.3 Å². The van der Waals surface area contributed by atoms with E-state index in [2.05, 4.69) is 9.46 Å². The number of halogens is 3. The molecule has 2 rings (SSSR count). The molecule has 0 bridgehead atoms. The first-order valence-corrected chi connectivity index (χ1v) is 9.32. The van der Waals surface area contributed by atoms with Crippen LogP contribution < -0.4 is 4.72 Å². The number of alkyl halides is 3. The van der Waals surface area contributed by atoms with Gasteiger partial charge in [-0.1, -0.05) is 12.8 Å². The summed E-state index contributed by atoms with van der Waals surface area (Å²) in [5.74, 6) is -2.31. The molecule has 0 heterocycles. The molecular formula is C16H20F3NO4S. The Hall–Kier alpha value is -1.61. The van der Waals surface area contributed by atoms with Crippen LogP contribution in [0.15, 0.2) is 23.1 Å². The third-order valence-corrected chi connectivity index (χ3v) is 6.03. The van der Waals surface area contributed by atoms with Crippen molar-refractivity contribution in [3.8, 4) is 0 Å². The number of esters is 1. The lowest BCUT2D eigenvalue weighted by Gasteiger charge is -2.33. The Morgan fingerprint density at radius 2 is 1.88 bits per heavy atom. The van der Waals surface area contributed by atoms with Gasteiger partial charge in [0.2, 0.25) is 10.0 Å². The molecule has 0 aromatic heterocycles. The third-order valence-electron chi connectivity index (χ3n) is 4.38. The van der Waals surface area contributed by atoms with E-state index in [0.29, 0.717) is 12.8 Å². The van der Waals surface area contributed by atoms with E-state index in [4.69, 9.17) is 0 Å². The molecule has 1 saturated carbocycles. The van der Waals surface area contributed by atoms with Crippen molar-refractivity contribution in [2.75, 3.05) is 7.11 Å². The van der Waals surface area contributed by atoms with Crippen LogP contribution >= 0.6 is 0 Å². The van der Waals surface area contributed by atoms with Crippen LogP contribution in [0.1, 0.15) is 41.6 Å². The number of benzene rings is 1. The quantitative estimate of drug-likeness (QED) is 0.816. The highest BCUT2D eigenvalue weighted by atomic mass is 32.2. The number of nitrogens with one attached hydrogen (secondary N) is 1. The second kappa shape index (κ2) is 7.33. The summed E-state index contributed by atoms with van der Waals surface area (Å²) in [6, 6.07) is 2.63. The van der Waals surface area contributed by atoms with E-state index in [9.17, 15) is 26.4 Å². The average molecular weight is 379 g/mol. The molecule has 2 atom stereocenters. The highest BCUT2D eigenvalue weighted by Gasteiger charge is 2.46. The molecule has 0 radical (unpaired) electrons. The zero-order valence-electron chi connectivity index (χ0n) is 13.9. The lowest BCUT2D eigenvalue weighted by Crippen LogP contribution is -2.47. The minimum Gasteiger partial charge on any atom is -0.465 e. The summed E-state index contributed by atoms with van der Waals surface area (Å²) in [5, 5.41) is 0. The summed E-state index contributed by atoms with van der Waals surface area (Å²) in [5.41, 5.74) is 0.430. The summed E-state index contributed by atoms with van der Waals surface area (Å²) in [6.07, 6.45) is -3.42. The average Bonchev–Trinajstić information content (AvgIpc) is 2.52. The molecule has 1 aromatic carbocycles. The first-order chi connectivity index (χ1) is 11.6. The van der Waals surface area contributed by atoms with Gasteiger partial charge in [-0.15, -0.1) is 0 Å². The Labute approximate surface area is 144 Å². The minimum atomic E-state index is -4.45. The molecule has 0 amide bonds. The highest BCUT2D eigenvalue weighted by Crippen LogP contribution is 2.38. The fourth-order valence-electron chi connectivity index (χ4n) is 3.12. The second-order valence-electron chi connectivity index (χ2n) is 6.13. The van der Waals surface area contributed by atoms with Crippen LogP contribution in [0.3, 0.4) is 0 Å². The molecule has 0 spiro atoms. The first kappa shape index (κ1) is 19.7. The molecule has 140 valence electrons. The van der Waals surface area contributed by atoms with Crippen molar-refractivity contribution in [1.29, 1.82) is 0 Å². The smallest absolute Gasteiger partial charge is 0.393 e. The van der Waals surface area contributed by atoms with Crippen LogP contribution in [-0.2, 0) is 14.8 Å². The molecule has 5 nitrogen and oxygen atoms in total. The number of hydrogen-bond donors (Lipinski definition) is 1. The Bertz CT molecular complexity index is 746. The largest absolute Gasteiger partial charge is 0.465 e. The SMILES string of the molecule is COC(=O)c1ccc(S(=O)(=O)NC2CCCCC2C(F)(F)F)c(C)c1. The van der Waals surface area contributed by atoms with Gasteiger partial charge in [-0.2, -0.15) is 13.2 Å². The first-order valence-electron chi connectivity index (χ1n) is 7.84. The number of rotatable bonds is 4. The van der Waals surface area contributed by atoms with Gasteiger partial charge in [0.1, 0.15) is 0 Å². The van der Waals surface area contributed by atoms with Crippen LogP contribution in [0.4, 0.5) is 13.2 Å². The topological polar surface area (TPSA) is 72.5 Å². The fraction of sp³-hybridized carbons (Fsp3) is 0.562. The predicted octanol–water partition coefficient (Wildman–Crippen LogP) is 3.18. The molecule has 0 saturated heterocycles. The summed E-state index contributed by atoms with van der Waals surface area (Å²) in [7, 11) is -2.94. The van der Waals surface area contributed by atoms with Gasteiger partial charge >= 0.3 is 12.1 Å². The lowest BCUT2D eigenvalue weighted by molar-refractivity contribution is -0.187. The number of carbonyl (C=O) groups is 1. The zero-order chi connectivity index (χ0) is 18.8. The Morgan fingerprint density at radius 3 is 2.44 bits per heavy atom. The summed E-state index contributed by atoms with van der Waals surface area (Å²) in [4.78, 5) is 11.3. The number of hydrogen-bond acceptors (Lipinski definition) is 4. The van der Waals surface area contributed by atoms with E-state index in [0.717, 1.165) is 0 Å². The predicted molar refractivity (Wildman–Crippen MR) is 84.6 cm³/mol. The maximum atomic E-state index is 13.1. The van der Waals surface area contributed by atoms with Gasteiger partial charge in [-0.05, 0) is 43.5 Å². The van der Waals surface area contributed by atoms with Crippen molar-refractivity contribution in [1.82, 2.24) is 4.72 Å². The van der Waals surface area contributed by atoms with Gasteiger partial charge < -0.3 is 4.74 Å². The summed E-state index contributed by atoms with van der Waals surface area (Å²) >= 11 is 0. The van der Waals surface area contributed by atoms with Crippen LogP contribution in [0.25, 0.3) is 0 Å². The molecule has 1 aliphatic carbocycles. The van der Waals surface area contributed by atoms with E-state index >= 15 is 0 Å². The number of methoxy groups -OCH3 is 1.